The largest absolute Gasteiger partial charge is 0.450 e. The molecule has 1 N–H and O–H groups in total. The van der Waals surface area contributed by atoms with E-state index in [0.29, 0.717) is 19.2 Å². The van der Waals surface area contributed by atoms with Crippen LogP contribution in [0.1, 0.15) is 51.1 Å². The highest BCUT2D eigenvalue weighted by molar-refractivity contribution is 4.99. The molecule has 0 aliphatic carbocycles. The van der Waals surface area contributed by atoms with Crippen LogP contribution < -0.4 is 10.1 Å². The highest BCUT2D eigenvalue weighted by Gasteiger charge is 2.03. The number of unbranched alkanes of at least 4 members (excludes halogenated alkanes) is 5. The molecule has 1 aromatic rings. The second-order valence-electron chi connectivity index (χ2n) is 4.25. The molecule has 0 aromatic carbocycles. The summed E-state index contributed by atoms with van der Waals surface area (Å²) < 4.78 is 10.6. The Kier molecular flexibility index (Phi) is 7.47. The number of nitrogens with zero attached hydrogens (tertiary/aromatic N) is 1. The van der Waals surface area contributed by atoms with Gasteiger partial charge in [-0.25, -0.2) is 0 Å². The summed E-state index contributed by atoms with van der Waals surface area (Å²) in [6.07, 6.45) is 9.60. The van der Waals surface area contributed by atoms with Gasteiger partial charge in [-0.3, -0.25) is 0 Å². The standard InChI is InChI=1S/C13H24N2O2/c1-3-4-5-6-7-8-9-16-13-15-12(10-14-2)11-17-13/h11,14H,3-10H2,1-2H3. The summed E-state index contributed by atoms with van der Waals surface area (Å²) in [7, 11) is 1.88. The van der Waals surface area contributed by atoms with Crippen molar-refractivity contribution in [3.05, 3.63) is 12.0 Å². The number of oxazole rings is 1. The zero-order chi connectivity index (χ0) is 12.3. The lowest BCUT2D eigenvalue weighted by Crippen LogP contribution is -2.05. The zero-order valence-electron chi connectivity index (χ0n) is 11.0. The third kappa shape index (κ3) is 6.31. The van der Waals surface area contributed by atoms with Gasteiger partial charge < -0.3 is 14.5 Å². The zero-order valence-corrected chi connectivity index (χ0v) is 11.0. The van der Waals surface area contributed by atoms with Crippen LogP contribution >= 0.6 is 0 Å². The highest BCUT2D eigenvalue weighted by Crippen LogP contribution is 2.11. The van der Waals surface area contributed by atoms with Crippen molar-refractivity contribution in [1.29, 1.82) is 0 Å². The number of nitrogens with one attached hydrogen (secondary N) is 1. The van der Waals surface area contributed by atoms with E-state index in [1.165, 1.54) is 32.1 Å². The summed E-state index contributed by atoms with van der Waals surface area (Å²) in [6.45, 7) is 3.64. The molecule has 0 radical (unpaired) electrons. The summed E-state index contributed by atoms with van der Waals surface area (Å²) >= 11 is 0. The Morgan fingerprint density at radius 1 is 1.24 bits per heavy atom. The molecule has 1 rings (SSSR count). The van der Waals surface area contributed by atoms with E-state index in [1.807, 2.05) is 7.05 Å². The first kappa shape index (κ1) is 14.0. The van der Waals surface area contributed by atoms with Crippen LogP contribution in [0.15, 0.2) is 10.7 Å². The molecule has 4 nitrogen and oxygen atoms in total. The fourth-order valence-corrected chi connectivity index (χ4v) is 1.66. The lowest BCUT2D eigenvalue weighted by Gasteiger charge is -2.01. The van der Waals surface area contributed by atoms with Gasteiger partial charge in [0.05, 0.1) is 12.3 Å². The second-order valence-corrected chi connectivity index (χ2v) is 4.25. The summed E-state index contributed by atoms with van der Waals surface area (Å²) in [6, 6.07) is 0. The fraction of sp³-hybridized carbons (Fsp3) is 0.769. The molecule has 0 atom stereocenters. The van der Waals surface area contributed by atoms with Crippen LogP contribution in [-0.2, 0) is 6.54 Å². The fourth-order valence-electron chi connectivity index (χ4n) is 1.66. The minimum atomic E-state index is 0.392. The Hall–Kier alpha value is -1.03. The molecule has 0 saturated carbocycles. The monoisotopic (exact) mass is 240 g/mol. The predicted octanol–water partition coefficient (Wildman–Crippen LogP) is 3.13. The molecule has 4 heteroatoms. The van der Waals surface area contributed by atoms with Gasteiger partial charge in [0, 0.05) is 6.54 Å². The van der Waals surface area contributed by atoms with Gasteiger partial charge >= 0.3 is 6.08 Å². The van der Waals surface area contributed by atoms with Crippen molar-refractivity contribution in [1.82, 2.24) is 10.3 Å². The van der Waals surface area contributed by atoms with Crippen LogP contribution in [0.3, 0.4) is 0 Å². The van der Waals surface area contributed by atoms with Gasteiger partial charge in [-0.05, 0) is 13.5 Å². The van der Waals surface area contributed by atoms with Crippen molar-refractivity contribution in [2.75, 3.05) is 13.7 Å². The number of hydrogen-bond acceptors (Lipinski definition) is 4. The molecule has 0 saturated heterocycles. The molecule has 0 amide bonds. The predicted molar refractivity (Wildman–Crippen MR) is 68.1 cm³/mol. The molecule has 1 aromatic heterocycles. The summed E-state index contributed by atoms with van der Waals surface area (Å²) in [5.74, 6) is 0. The van der Waals surface area contributed by atoms with E-state index in [-0.39, 0.29) is 0 Å². The Labute approximate surface area is 104 Å². The SMILES string of the molecule is CCCCCCCCOc1nc(CNC)co1. The van der Waals surface area contributed by atoms with E-state index < -0.39 is 0 Å². The van der Waals surface area contributed by atoms with Crippen LogP contribution in [0.4, 0.5) is 0 Å². The Balaban J connectivity index is 2.01. The lowest BCUT2D eigenvalue weighted by molar-refractivity contribution is 0.224. The summed E-state index contributed by atoms with van der Waals surface area (Å²) in [4.78, 5) is 4.20. The molecule has 0 fully saturated rings. The van der Waals surface area contributed by atoms with E-state index in [4.69, 9.17) is 9.15 Å². The molecular weight excluding hydrogens is 216 g/mol. The first-order chi connectivity index (χ1) is 8.36. The third-order valence-corrected chi connectivity index (χ3v) is 2.61. The number of ether oxygens (including phenoxy) is 1. The number of hydrogen-bond donors (Lipinski definition) is 1. The van der Waals surface area contributed by atoms with E-state index in [9.17, 15) is 0 Å². The lowest BCUT2D eigenvalue weighted by atomic mass is 10.1. The Morgan fingerprint density at radius 2 is 2.00 bits per heavy atom. The highest BCUT2D eigenvalue weighted by atomic mass is 16.6. The second kappa shape index (κ2) is 9.05. The first-order valence-corrected chi connectivity index (χ1v) is 6.58. The van der Waals surface area contributed by atoms with E-state index in [2.05, 4.69) is 17.2 Å². The van der Waals surface area contributed by atoms with Crippen molar-refractivity contribution in [2.24, 2.45) is 0 Å². The molecule has 17 heavy (non-hydrogen) atoms. The Bertz CT molecular complexity index is 287. The Morgan fingerprint density at radius 3 is 2.76 bits per heavy atom. The third-order valence-electron chi connectivity index (χ3n) is 2.61. The van der Waals surface area contributed by atoms with Crippen molar-refractivity contribution in [2.45, 2.75) is 52.0 Å². The van der Waals surface area contributed by atoms with Gasteiger partial charge in [0.15, 0.2) is 0 Å². The normalized spacial score (nSPS) is 10.7. The first-order valence-electron chi connectivity index (χ1n) is 6.58. The average Bonchev–Trinajstić information content (AvgIpc) is 2.76. The van der Waals surface area contributed by atoms with Gasteiger partial charge in [0.2, 0.25) is 0 Å². The molecule has 0 bridgehead atoms. The van der Waals surface area contributed by atoms with E-state index >= 15 is 0 Å². The quantitative estimate of drug-likeness (QED) is 0.638. The van der Waals surface area contributed by atoms with Crippen LogP contribution in [-0.4, -0.2) is 18.6 Å². The molecule has 0 aliphatic heterocycles. The van der Waals surface area contributed by atoms with Crippen molar-refractivity contribution >= 4 is 0 Å². The molecular formula is C13H24N2O2. The van der Waals surface area contributed by atoms with Crippen LogP contribution in [0.25, 0.3) is 0 Å². The van der Waals surface area contributed by atoms with E-state index in [1.54, 1.807) is 6.26 Å². The maximum atomic E-state index is 5.43. The smallest absolute Gasteiger partial charge is 0.393 e. The van der Waals surface area contributed by atoms with Crippen molar-refractivity contribution < 1.29 is 9.15 Å². The van der Waals surface area contributed by atoms with E-state index in [0.717, 1.165) is 12.1 Å². The maximum Gasteiger partial charge on any atom is 0.393 e. The van der Waals surface area contributed by atoms with Gasteiger partial charge in [-0.1, -0.05) is 39.0 Å². The van der Waals surface area contributed by atoms with Crippen LogP contribution in [0, 0.1) is 0 Å². The van der Waals surface area contributed by atoms with Crippen LogP contribution in [0.2, 0.25) is 0 Å². The van der Waals surface area contributed by atoms with Gasteiger partial charge in [0.25, 0.3) is 0 Å². The van der Waals surface area contributed by atoms with Crippen molar-refractivity contribution in [3.63, 3.8) is 0 Å². The van der Waals surface area contributed by atoms with Crippen LogP contribution in [0.5, 0.6) is 6.08 Å². The maximum absolute atomic E-state index is 5.43. The number of rotatable bonds is 10. The minimum absolute atomic E-state index is 0.392. The molecule has 0 spiro atoms. The number of aromatic nitrogens is 1. The van der Waals surface area contributed by atoms with Gasteiger partial charge in [0.1, 0.15) is 6.26 Å². The molecule has 0 unspecified atom stereocenters. The summed E-state index contributed by atoms with van der Waals surface area (Å²) in [5.41, 5.74) is 0.880. The molecule has 1 heterocycles. The molecule has 98 valence electrons. The topological polar surface area (TPSA) is 47.3 Å². The van der Waals surface area contributed by atoms with Gasteiger partial charge in [-0.15, -0.1) is 0 Å². The van der Waals surface area contributed by atoms with Gasteiger partial charge in [-0.2, -0.15) is 4.98 Å². The van der Waals surface area contributed by atoms with Crippen molar-refractivity contribution in [3.8, 4) is 6.08 Å². The molecule has 0 aliphatic rings. The average molecular weight is 240 g/mol. The summed E-state index contributed by atoms with van der Waals surface area (Å²) in [5, 5.41) is 3.02. The minimum Gasteiger partial charge on any atom is -0.450 e.